The number of hydrogen-bond acceptors (Lipinski definition) is 1. The molecule has 0 aromatic heterocycles. The van der Waals surface area contributed by atoms with Gasteiger partial charge in [0.25, 0.3) is 0 Å². The van der Waals surface area contributed by atoms with Crippen molar-refractivity contribution < 1.29 is 4.39 Å². The van der Waals surface area contributed by atoms with Crippen LogP contribution in [0.2, 0.25) is 0 Å². The molecule has 0 fully saturated rings. The van der Waals surface area contributed by atoms with Crippen molar-refractivity contribution in [3.05, 3.63) is 64.4 Å². The first-order chi connectivity index (χ1) is 8.75. The highest BCUT2D eigenvalue weighted by atomic mass is 79.9. The van der Waals surface area contributed by atoms with Crippen molar-refractivity contribution in [3.8, 4) is 11.8 Å². The summed E-state index contributed by atoms with van der Waals surface area (Å²) in [6, 6.07) is 14.6. The summed E-state index contributed by atoms with van der Waals surface area (Å²) in [6.07, 6.45) is 0. The molecule has 1 nitrogen and oxygen atoms in total. The van der Waals surface area contributed by atoms with E-state index in [0.717, 1.165) is 10.0 Å². The Labute approximate surface area is 114 Å². The standard InChI is InChI=1S/C15H11BrFN/c16-13-8-9-15(14(17)11-13)18-10-4-7-12-5-2-1-3-6-12/h1-3,5-6,8-9,11,18H,10H2. The maximum atomic E-state index is 13.5. The van der Waals surface area contributed by atoms with Gasteiger partial charge in [0, 0.05) is 10.0 Å². The molecule has 0 aliphatic heterocycles. The van der Waals surface area contributed by atoms with Crippen LogP contribution in [0.25, 0.3) is 0 Å². The second kappa shape index (κ2) is 6.23. The highest BCUT2D eigenvalue weighted by Gasteiger charge is 2.00. The van der Waals surface area contributed by atoms with Gasteiger partial charge in [-0.15, -0.1) is 0 Å². The first-order valence-electron chi connectivity index (χ1n) is 5.48. The Morgan fingerprint density at radius 3 is 2.61 bits per heavy atom. The van der Waals surface area contributed by atoms with Gasteiger partial charge in [-0.05, 0) is 30.3 Å². The lowest BCUT2D eigenvalue weighted by molar-refractivity contribution is 0.630. The molecule has 90 valence electrons. The highest BCUT2D eigenvalue weighted by Crippen LogP contribution is 2.18. The van der Waals surface area contributed by atoms with Gasteiger partial charge in [0.15, 0.2) is 0 Å². The normalized spacial score (nSPS) is 9.44. The SMILES string of the molecule is Fc1cc(Br)ccc1NCC#Cc1ccccc1. The minimum Gasteiger partial charge on any atom is -0.372 e. The Hall–Kier alpha value is -1.79. The first kappa shape index (κ1) is 12.7. The molecule has 2 aromatic rings. The van der Waals surface area contributed by atoms with Crippen LogP contribution in [0.5, 0.6) is 0 Å². The van der Waals surface area contributed by atoms with E-state index in [4.69, 9.17) is 0 Å². The maximum absolute atomic E-state index is 13.5. The van der Waals surface area contributed by atoms with Gasteiger partial charge >= 0.3 is 0 Å². The smallest absolute Gasteiger partial charge is 0.147 e. The van der Waals surface area contributed by atoms with Crippen LogP contribution >= 0.6 is 15.9 Å². The molecule has 0 amide bonds. The summed E-state index contributed by atoms with van der Waals surface area (Å²) in [5.41, 5.74) is 1.41. The largest absolute Gasteiger partial charge is 0.372 e. The van der Waals surface area contributed by atoms with Gasteiger partial charge in [-0.1, -0.05) is 46.0 Å². The van der Waals surface area contributed by atoms with Crippen LogP contribution in [0, 0.1) is 17.7 Å². The van der Waals surface area contributed by atoms with E-state index in [2.05, 4.69) is 33.1 Å². The number of hydrogen-bond donors (Lipinski definition) is 1. The Bertz CT molecular complexity index is 584. The summed E-state index contributed by atoms with van der Waals surface area (Å²) in [6.45, 7) is 0.410. The molecule has 0 radical (unpaired) electrons. The monoisotopic (exact) mass is 303 g/mol. The molecule has 0 aliphatic rings. The Morgan fingerprint density at radius 2 is 1.89 bits per heavy atom. The third kappa shape index (κ3) is 3.61. The number of rotatable bonds is 2. The fourth-order valence-electron chi connectivity index (χ4n) is 1.44. The van der Waals surface area contributed by atoms with Crippen molar-refractivity contribution in [1.29, 1.82) is 0 Å². The van der Waals surface area contributed by atoms with Crippen molar-refractivity contribution in [2.24, 2.45) is 0 Å². The fraction of sp³-hybridized carbons (Fsp3) is 0.0667. The van der Waals surface area contributed by atoms with Gasteiger partial charge in [0.05, 0.1) is 12.2 Å². The summed E-state index contributed by atoms with van der Waals surface area (Å²) in [7, 11) is 0. The molecule has 0 aliphatic carbocycles. The van der Waals surface area contributed by atoms with Crippen molar-refractivity contribution >= 4 is 21.6 Å². The zero-order chi connectivity index (χ0) is 12.8. The Morgan fingerprint density at radius 1 is 1.11 bits per heavy atom. The van der Waals surface area contributed by atoms with E-state index in [1.54, 1.807) is 12.1 Å². The molecule has 0 atom stereocenters. The maximum Gasteiger partial charge on any atom is 0.147 e. The molecule has 0 saturated carbocycles. The van der Waals surface area contributed by atoms with Crippen LogP contribution < -0.4 is 5.32 Å². The zero-order valence-corrected chi connectivity index (χ0v) is 11.2. The molecule has 0 bridgehead atoms. The lowest BCUT2D eigenvalue weighted by Crippen LogP contribution is -2.00. The molecule has 0 spiro atoms. The zero-order valence-electron chi connectivity index (χ0n) is 9.58. The van der Waals surface area contributed by atoms with Crippen LogP contribution in [0.3, 0.4) is 0 Å². The topological polar surface area (TPSA) is 12.0 Å². The predicted molar refractivity (Wildman–Crippen MR) is 75.9 cm³/mol. The van der Waals surface area contributed by atoms with Gasteiger partial charge in [0.2, 0.25) is 0 Å². The average molecular weight is 304 g/mol. The van der Waals surface area contributed by atoms with Crippen LogP contribution in [0.1, 0.15) is 5.56 Å². The number of halogens is 2. The van der Waals surface area contributed by atoms with Gasteiger partial charge in [-0.3, -0.25) is 0 Å². The number of anilines is 1. The molecular formula is C15H11BrFN. The van der Waals surface area contributed by atoms with Crippen LogP contribution in [0.15, 0.2) is 53.0 Å². The van der Waals surface area contributed by atoms with E-state index in [9.17, 15) is 4.39 Å². The molecule has 3 heteroatoms. The van der Waals surface area contributed by atoms with Crippen molar-refractivity contribution in [2.75, 3.05) is 11.9 Å². The number of benzene rings is 2. The molecule has 0 saturated heterocycles. The molecule has 1 N–H and O–H groups in total. The third-order valence-electron chi connectivity index (χ3n) is 2.30. The third-order valence-corrected chi connectivity index (χ3v) is 2.80. The molecule has 0 unspecified atom stereocenters. The average Bonchev–Trinajstić information content (AvgIpc) is 2.38. The van der Waals surface area contributed by atoms with Gasteiger partial charge in [-0.25, -0.2) is 4.39 Å². The minimum atomic E-state index is -0.286. The highest BCUT2D eigenvalue weighted by molar-refractivity contribution is 9.10. The lowest BCUT2D eigenvalue weighted by Gasteiger charge is -2.03. The summed E-state index contributed by atoms with van der Waals surface area (Å²) >= 11 is 3.21. The fourth-order valence-corrected chi connectivity index (χ4v) is 1.77. The number of nitrogens with one attached hydrogen (secondary N) is 1. The van der Waals surface area contributed by atoms with E-state index in [0.29, 0.717) is 12.2 Å². The van der Waals surface area contributed by atoms with Crippen molar-refractivity contribution in [2.45, 2.75) is 0 Å². The molecule has 2 rings (SSSR count). The Balaban J connectivity index is 1.95. The first-order valence-corrected chi connectivity index (χ1v) is 6.28. The molecule has 2 aromatic carbocycles. The van der Waals surface area contributed by atoms with Crippen molar-refractivity contribution in [3.63, 3.8) is 0 Å². The van der Waals surface area contributed by atoms with E-state index in [-0.39, 0.29) is 5.82 Å². The van der Waals surface area contributed by atoms with Crippen LogP contribution in [0.4, 0.5) is 10.1 Å². The van der Waals surface area contributed by atoms with Gasteiger partial charge in [0.1, 0.15) is 5.82 Å². The summed E-state index contributed by atoms with van der Waals surface area (Å²) in [5, 5.41) is 2.94. The minimum absolute atomic E-state index is 0.286. The second-order valence-corrected chi connectivity index (χ2v) is 4.56. The van der Waals surface area contributed by atoms with E-state index in [1.807, 2.05) is 30.3 Å². The van der Waals surface area contributed by atoms with Gasteiger partial charge < -0.3 is 5.32 Å². The molecule has 18 heavy (non-hydrogen) atoms. The second-order valence-electron chi connectivity index (χ2n) is 3.65. The van der Waals surface area contributed by atoms with E-state index < -0.39 is 0 Å². The Kier molecular flexibility index (Phi) is 4.38. The molecular weight excluding hydrogens is 293 g/mol. The van der Waals surface area contributed by atoms with E-state index >= 15 is 0 Å². The van der Waals surface area contributed by atoms with E-state index in [1.165, 1.54) is 6.07 Å². The van der Waals surface area contributed by atoms with Crippen LogP contribution in [-0.2, 0) is 0 Å². The summed E-state index contributed by atoms with van der Waals surface area (Å²) < 4.78 is 14.2. The lowest BCUT2D eigenvalue weighted by atomic mass is 10.2. The van der Waals surface area contributed by atoms with Gasteiger partial charge in [-0.2, -0.15) is 0 Å². The predicted octanol–water partition coefficient (Wildman–Crippen LogP) is 4.05. The quantitative estimate of drug-likeness (QED) is 0.825. The summed E-state index contributed by atoms with van der Waals surface area (Å²) in [4.78, 5) is 0. The molecule has 0 heterocycles. The van der Waals surface area contributed by atoms with Crippen molar-refractivity contribution in [1.82, 2.24) is 0 Å². The summed E-state index contributed by atoms with van der Waals surface area (Å²) in [5.74, 6) is 5.67. The van der Waals surface area contributed by atoms with Crippen LogP contribution in [-0.4, -0.2) is 6.54 Å².